The molecule has 2 aromatic rings. The van der Waals surface area contributed by atoms with Crippen molar-refractivity contribution in [3.63, 3.8) is 0 Å². The maximum atomic E-state index is 9.10. The Labute approximate surface area is 92.1 Å². The van der Waals surface area contributed by atoms with Gasteiger partial charge in [0.25, 0.3) is 0 Å². The van der Waals surface area contributed by atoms with Crippen LogP contribution in [0.2, 0.25) is 0 Å². The summed E-state index contributed by atoms with van der Waals surface area (Å²) in [7, 11) is -1.54. The van der Waals surface area contributed by atoms with Crippen molar-refractivity contribution in [1.29, 1.82) is 0 Å². The Hall–Kier alpha value is -1.86. The number of nitrogens with zero attached hydrogens (tertiary/aromatic N) is 2. The van der Waals surface area contributed by atoms with Crippen LogP contribution in [0.15, 0.2) is 12.1 Å². The number of aromatic nitrogens is 2. The Morgan fingerprint density at radius 1 is 1.19 bits per heavy atom. The van der Waals surface area contributed by atoms with E-state index in [0.29, 0.717) is 16.4 Å². The summed E-state index contributed by atoms with van der Waals surface area (Å²) in [6, 6.07) is 3.17. The molecule has 82 valence electrons. The summed E-state index contributed by atoms with van der Waals surface area (Å²) >= 11 is 0. The lowest BCUT2D eigenvalue weighted by Crippen LogP contribution is -2.30. The normalized spacial score (nSPS) is 10.7. The summed E-state index contributed by atoms with van der Waals surface area (Å²) in [5, 5.41) is 18.8. The van der Waals surface area contributed by atoms with E-state index in [1.54, 1.807) is 19.1 Å². The zero-order valence-electron chi connectivity index (χ0n) is 8.68. The molecule has 0 aliphatic heterocycles. The van der Waals surface area contributed by atoms with Gasteiger partial charge in [-0.05, 0) is 24.0 Å². The Balaban J connectivity index is 2.82. The molecule has 0 aliphatic carbocycles. The van der Waals surface area contributed by atoms with Crippen molar-refractivity contribution in [3.8, 4) is 0 Å². The molecule has 0 fully saturated rings. The zero-order valence-corrected chi connectivity index (χ0v) is 8.68. The maximum Gasteiger partial charge on any atom is 0.488 e. The van der Waals surface area contributed by atoms with E-state index < -0.39 is 7.12 Å². The predicted molar refractivity (Wildman–Crippen MR) is 62.9 cm³/mol. The molecule has 6 nitrogen and oxygen atoms in total. The van der Waals surface area contributed by atoms with E-state index in [9.17, 15) is 0 Å². The molecule has 0 atom stereocenters. The number of hydrogen-bond acceptors (Lipinski definition) is 6. The first-order valence-electron chi connectivity index (χ1n) is 4.68. The quantitative estimate of drug-likeness (QED) is 0.445. The molecule has 1 heterocycles. The monoisotopic (exact) mass is 218 g/mol. The number of nitrogen functional groups attached to an aromatic ring is 2. The minimum absolute atomic E-state index is 0.102. The third kappa shape index (κ3) is 1.66. The molecule has 16 heavy (non-hydrogen) atoms. The van der Waals surface area contributed by atoms with E-state index in [1.165, 1.54) is 0 Å². The molecule has 6 N–H and O–H groups in total. The average Bonchev–Trinajstić information content (AvgIpc) is 2.19. The first-order valence-corrected chi connectivity index (χ1v) is 4.68. The first-order chi connectivity index (χ1) is 7.49. The van der Waals surface area contributed by atoms with Gasteiger partial charge >= 0.3 is 7.12 Å². The second kappa shape index (κ2) is 3.62. The van der Waals surface area contributed by atoms with Gasteiger partial charge in [-0.2, -0.15) is 4.98 Å². The molecule has 1 aromatic carbocycles. The maximum absolute atomic E-state index is 9.10. The highest BCUT2D eigenvalue weighted by molar-refractivity contribution is 6.59. The van der Waals surface area contributed by atoms with Gasteiger partial charge in [0.15, 0.2) is 0 Å². The van der Waals surface area contributed by atoms with Crippen LogP contribution in [-0.2, 0) is 0 Å². The second-order valence-electron chi connectivity index (χ2n) is 3.57. The molecule has 0 aliphatic rings. The van der Waals surface area contributed by atoms with Crippen LogP contribution in [0.5, 0.6) is 0 Å². The summed E-state index contributed by atoms with van der Waals surface area (Å²) in [4.78, 5) is 7.88. The zero-order chi connectivity index (χ0) is 11.9. The molecule has 1 aromatic heterocycles. The van der Waals surface area contributed by atoms with Crippen LogP contribution in [0.3, 0.4) is 0 Å². The highest BCUT2D eigenvalue weighted by atomic mass is 16.4. The molecule has 2 rings (SSSR count). The van der Waals surface area contributed by atoms with Crippen molar-refractivity contribution >= 4 is 35.3 Å². The van der Waals surface area contributed by atoms with Crippen molar-refractivity contribution in [2.45, 2.75) is 6.92 Å². The van der Waals surface area contributed by atoms with Gasteiger partial charge in [0.05, 0.1) is 5.52 Å². The van der Waals surface area contributed by atoms with Crippen molar-refractivity contribution in [1.82, 2.24) is 9.97 Å². The summed E-state index contributed by atoms with van der Waals surface area (Å²) < 4.78 is 0. The number of aryl methyl sites for hydroxylation is 1. The van der Waals surface area contributed by atoms with Gasteiger partial charge in [-0.25, -0.2) is 4.98 Å². The van der Waals surface area contributed by atoms with Crippen molar-refractivity contribution in [2.75, 3.05) is 11.5 Å². The predicted octanol–water partition coefficient (Wildman–Crippen LogP) is -1.22. The van der Waals surface area contributed by atoms with Gasteiger partial charge in [-0.3, -0.25) is 0 Å². The number of hydrogen-bond donors (Lipinski definition) is 4. The Bertz CT molecular complexity index is 559. The van der Waals surface area contributed by atoms with E-state index in [-0.39, 0.29) is 11.8 Å². The van der Waals surface area contributed by atoms with Gasteiger partial charge in [-0.15, -0.1) is 0 Å². The molecule has 0 bridgehead atoms. The van der Waals surface area contributed by atoms with Crippen LogP contribution >= 0.6 is 0 Å². The molecule has 0 unspecified atom stereocenters. The summed E-state index contributed by atoms with van der Waals surface area (Å²) in [5.74, 6) is 0.332. The van der Waals surface area contributed by atoms with Crippen molar-refractivity contribution in [3.05, 3.63) is 17.7 Å². The number of rotatable bonds is 1. The number of anilines is 2. The highest BCUT2D eigenvalue weighted by Crippen LogP contribution is 2.20. The summed E-state index contributed by atoms with van der Waals surface area (Å²) in [5.41, 5.74) is 12.9. The van der Waals surface area contributed by atoms with Gasteiger partial charge in [-0.1, -0.05) is 6.07 Å². The molecule has 0 saturated heterocycles. The van der Waals surface area contributed by atoms with Crippen molar-refractivity contribution < 1.29 is 10.0 Å². The van der Waals surface area contributed by atoms with E-state index in [2.05, 4.69) is 9.97 Å². The van der Waals surface area contributed by atoms with Crippen LogP contribution in [0, 0.1) is 6.92 Å². The smallest absolute Gasteiger partial charge is 0.423 e. The van der Waals surface area contributed by atoms with Crippen LogP contribution in [0.4, 0.5) is 11.8 Å². The van der Waals surface area contributed by atoms with Gasteiger partial charge in [0.1, 0.15) is 5.82 Å². The topological polar surface area (TPSA) is 118 Å². The Morgan fingerprint density at radius 3 is 2.50 bits per heavy atom. The van der Waals surface area contributed by atoms with Crippen LogP contribution < -0.4 is 16.9 Å². The summed E-state index contributed by atoms with van der Waals surface area (Å²) in [6.45, 7) is 1.79. The molecular formula is C9H11BN4O2. The Kier molecular flexibility index (Phi) is 2.41. The van der Waals surface area contributed by atoms with Crippen LogP contribution in [0.1, 0.15) is 5.56 Å². The molecule has 0 amide bonds. The van der Waals surface area contributed by atoms with E-state index in [4.69, 9.17) is 21.5 Å². The SMILES string of the molecule is Cc1cc(B(O)O)cc2c(N)nc(N)nc12. The minimum Gasteiger partial charge on any atom is -0.423 e. The molecular weight excluding hydrogens is 207 g/mol. The lowest BCUT2D eigenvalue weighted by atomic mass is 9.79. The Morgan fingerprint density at radius 2 is 1.88 bits per heavy atom. The fourth-order valence-corrected chi connectivity index (χ4v) is 1.62. The third-order valence-corrected chi connectivity index (χ3v) is 2.36. The number of benzene rings is 1. The van der Waals surface area contributed by atoms with E-state index in [0.717, 1.165) is 5.56 Å². The first kappa shape index (κ1) is 10.7. The van der Waals surface area contributed by atoms with Gasteiger partial charge in [0, 0.05) is 5.39 Å². The van der Waals surface area contributed by atoms with E-state index in [1.807, 2.05) is 0 Å². The fraction of sp³-hybridized carbons (Fsp3) is 0.111. The minimum atomic E-state index is -1.54. The average molecular weight is 218 g/mol. The fourth-order valence-electron chi connectivity index (χ4n) is 1.62. The lowest BCUT2D eigenvalue weighted by Gasteiger charge is -2.08. The van der Waals surface area contributed by atoms with Gasteiger partial charge < -0.3 is 21.5 Å². The number of fused-ring (bicyclic) bond motifs is 1. The molecule has 0 saturated carbocycles. The molecule has 7 heteroatoms. The van der Waals surface area contributed by atoms with Crippen LogP contribution in [0.25, 0.3) is 10.9 Å². The van der Waals surface area contributed by atoms with E-state index >= 15 is 0 Å². The molecule has 0 radical (unpaired) electrons. The second-order valence-corrected chi connectivity index (χ2v) is 3.57. The lowest BCUT2D eigenvalue weighted by molar-refractivity contribution is 0.426. The summed E-state index contributed by atoms with van der Waals surface area (Å²) in [6.07, 6.45) is 0. The van der Waals surface area contributed by atoms with Gasteiger partial charge in [0.2, 0.25) is 5.95 Å². The third-order valence-electron chi connectivity index (χ3n) is 2.36. The highest BCUT2D eigenvalue weighted by Gasteiger charge is 2.15. The largest absolute Gasteiger partial charge is 0.488 e. The van der Waals surface area contributed by atoms with Crippen molar-refractivity contribution in [2.24, 2.45) is 0 Å². The number of nitrogens with two attached hydrogens (primary N) is 2. The van der Waals surface area contributed by atoms with Crippen LogP contribution in [-0.4, -0.2) is 27.1 Å². The standard InChI is InChI=1S/C9H11BN4O2/c1-4-2-5(10(15)16)3-6-7(4)13-9(12)14-8(6)11/h2-3,15-16H,1H3,(H4,11,12,13,14). The molecule has 0 spiro atoms.